The molecule has 0 radical (unpaired) electrons. The Bertz CT molecular complexity index is 402. The fraction of sp³-hybridized carbons (Fsp3) is 0. The van der Waals surface area contributed by atoms with Crippen molar-refractivity contribution < 1.29 is 9.90 Å². The quantitative estimate of drug-likeness (QED) is 0.664. The van der Waals surface area contributed by atoms with Gasteiger partial charge in [0.2, 0.25) is 0 Å². The van der Waals surface area contributed by atoms with Gasteiger partial charge in [0.25, 0.3) is 0 Å². The lowest BCUT2D eigenvalue weighted by Gasteiger charge is -2.01. The highest BCUT2D eigenvalue weighted by atomic mass is 79.9. The van der Waals surface area contributed by atoms with Crippen molar-refractivity contribution in [3.05, 3.63) is 38.3 Å². The van der Waals surface area contributed by atoms with Crippen LogP contribution in [-0.2, 0) is 4.79 Å². The molecule has 0 saturated carbocycles. The van der Waals surface area contributed by atoms with E-state index in [4.69, 9.17) is 28.3 Å². The van der Waals surface area contributed by atoms with Crippen LogP contribution in [0.4, 0.5) is 0 Å². The van der Waals surface area contributed by atoms with Crippen molar-refractivity contribution in [2.45, 2.75) is 0 Å². The zero-order valence-electron chi connectivity index (χ0n) is 6.80. The van der Waals surface area contributed by atoms with Gasteiger partial charge in [-0.3, -0.25) is 0 Å². The van der Waals surface area contributed by atoms with E-state index < -0.39 is 5.97 Å². The van der Waals surface area contributed by atoms with E-state index in [1.54, 1.807) is 12.1 Å². The fourth-order valence-corrected chi connectivity index (χ4v) is 1.63. The maximum Gasteiger partial charge on any atom is 0.328 e. The summed E-state index contributed by atoms with van der Waals surface area (Å²) in [4.78, 5) is 10.3. The SMILES string of the molecule is O=C(O)/C=C/c1cc(Br)c(Cl)cc1Cl. The van der Waals surface area contributed by atoms with Gasteiger partial charge in [-0.15, -0.1) is 0 Å². The van der Waals surface area contributed by atoms with Crippen molar-refractivity contribution in [1.29, 1.82) is 0 Å². The Kier molecular flexibility index (Phi) is 3.98. The molecular weight excluding hydrogens is 291 g/mol. The van der Waals surface area contributed by atoms with Gasteiger partial charge in [-0.2, -0.15) is 0 Å². The van der Waals surface area contributed by atoms with Crippen LogP contribution in [0.1, 0.15) is 5.56 Å². The number of hydrogen-bond acceptors (Lipinski definition) is 1. The first kappa shape index (κ1) is 11.6. The molecule has 0 fully saturated rings. The van der Waals surface area contributed by atoms with Crippen molar-refractivity contribution in [3.63, 3.8) is 0 Å². The number of carboxylic acid groups (broad SMARTS) is 1. The summed E-state index contributed by atoms with van der Waals surface area (Å²) in [6.45, 7) is 0. The number of hydrogen-bond donors (Lipinski definition) is 1. The van der Waals surface area contributed by atoms with Crippen LogP contribution in [0.25, 0.3) is 6.08 Å². The Morgan fingerprint density at radius 3 is 2.57 bits per heavy atom. The third kappa shape index (κ3) is 3.01. The van der Waals surface area contributed by atoms with Crippen LogP contribution in [0.5, 0.6) is 0 Å². The summed E-state index contributed by atoms with van der Waals surface area (Å²) < 4.78 is 0.675. The Labute approximate surface area is 99.3 Å². The van der Waals surface area contributed by atoms with Crippen LogP contribution < -0.4 is 0 Å². The van der Waals surface area contributed by atoms with Crippen LogP contribution in [0.15, 0.2) is 22.7 Å². The predicted octanol–water partition coefficient (Wildman–Crippen LogP) is 3.85. The summed E-state index contributed by atoms with van der Waals surface area (Å²) in [7, 11) is 0. The molecular formula is C9H5BrCl2O2. The topological polar surface area (TPSA) is 37.3 Å². The number of carbonyl (C=O) groups is 1. The lowest BCUT2D eigenvalue weighted by atomic mass is 10.2. The summed E-state index contributed by atoms with van der Waals surface area (Å²) in [5, 5.41) is 9.32. The molecule has 14 heavy (non-hydrogen) atoms. The zero-order valence-corrected chi connectivity index (χ0v) is 9.90. The molecule has 1 rings (SSSR count). The maximum absolute atomic E-state index is 10.3. The van der Waals surface area contributed by atoms with Crippen LogP contribution in [-0.4, -0.2) is 11.1 Å². The van der Waals surface area contributed by atoms with Gasteiger partial charge in [-0.1, -0.05) is 23.2 Å². The summed E-state index contributed by atoms with van der Waals surface area (Å²) in [6, 6.07) is 3.21. The van der Waals surface area contributed by atoms with Gasteiger partial charge in [0.15, 0.2) is 0 Å². The summed E-state index contributed by atoms with van der Waals surface area (Å²) >= 11 is 14.8. The van der Waals surface area contributed by atoms with Gasteiger partial charge >= 0.3 is 5.97 Å². The second-order valence-corrected chi connectivity index (χ2v) is 4.13. The molecule has 0 aromatic heterocycles. The lowest BCUT2D eigenvalue weighted by molar-refractivity contribution is -0.131. The fourth-order valence-electron chi connectivity index (χ4n) is 0.827. The first-order valence-electron chi connectivity index (χ1n) is 3.56. The van der Waals surface area contributed by atoms with Gasteiger partial charge in [0.1, 0.15) is 0 Å². The molecule has 0 saturated heterocycles. The third-order valence-electron chi connectivity index (χ3n) is 1.45. The number of benzene rings is 1. The molecule has 1 aromatic rings. The van der Waals surface area contributed by atoms with E-state index in [-0.39, 0.29) is 0 Å². The second kappa shape index (κ2) is 4.82. The minimum Gasteiger partial charge on any atom is -0.478 e. The van der Waals surface area contributed by atoms with Crippen molar-refractivity contribution in [2.24, 2.45) is 0 Å². The molecule has 0 heterocycles. The van der Waals surface area contributed by atoms with E-state index >= 15 is 0 Å². The molecule has 0 aliphatic heterocycles. The van der Waals surface area contributed by atoms with E-state index in [1.165, 1.54) is 6.08 Å². The molecule has 0 spiro atoms. The van der Waals surface area contributed by atoms with E-state index in [9.17, 15) is 4.79 Å². The van der Waals surface area contributed by atoms with Crippen LogP contribution in [0.2, 0.25) is 10.0 Å². The molecule has 1 N–H and O–H groups in total. The first-order valence-corrected chi connectivity index (χ1v) is 5.11. The van der Waals surface area contributed by atoms with E-state index in [2.05, 4.69) is 15.9 Å². The number of halogens is 3. The number of rotatable bonds is 2. The van der Waals surface area contributed by atoms with Gasteiger partial charge in [-0.05, 0) is 39.7 Å². The Hall–Kier alpha value is -0.510. The highest BCUT2D eigenvalue weighted by molar-refractivity contribution is 9.10. The molecule has 2 nitrogen and oxygen atoms in total. The summed E-state index contributed by atoms with van der Waals surface area (Å²) in [6.07, 6.45) is 2.42. The van der Waals surface area contributed by atoms with Crippen molar-refractivity contribution in [3.8, 4) is 0 Å². The van der Waals surface area contributed by atoms with Gasteiger partial charge in [-0.25, -0.2) is 4.79 Å². The second-order valence-electron chi connectivity index (χ2n) is 2.46. The summed E-state index contributed by atoms with van der Waals surface area (Å²) in [5.41, 5.74) is 0.602. The first-order chi connectivity index (χ1) is 6.50. The van der Waals surface area contributed by atoms with Crippen molar-refractivity contribution >= 4 is 51.2 Å². The molecule has 0 aliphatic rings. The largest absolute Gasteiger partial charge is 0.478 e. The molecule has 0 atom stereocenters. The van der Waals surface area contributed by atoms with Gasteiger partial charge < -0.3 is 5.11 Å². The normalized spacial score (nSPS) is 10.8. The molecule has 0 bridgehead atoms. The van der Waals surface area contributed by atoms with Gasteiger partial charge in [0, 0.05) is 15.6 Å². The number of aliphatic carboxylic acids is 1. The minimum absolute atomic E-state index is 0.413. The molecule has 0 amide bonds. The predicted molar refractivity (Wildman–Crippen MR) is 60.8 cm³/mol. The molecule has 1 aromatic carbocycles. The average molecular weight is 296 g/mol. The Balaban J connectivity index is 3.10. The van der Waals surface area contributed by atoms with E-state index in [0.29, 0.717) is 20.1 Å². The molecule has 5 heteroatoms. The van der Waals surface area contributed by atoms with Gasteiger partial charge in [0.05, 0.1) is 5.02 Å². The highest BCUT2D eigenvalue weighted by Crippen LogP contribution is 2.29. The maximum atomic E-state index is 10.3. The van der Waals surface area contributed by atoms with E-state index in [0.717, 1.165) is 6.08 Å². The van der Waals surface area contributed by atoms with Crippen molar-refractivity contribution in [1.82, 2.24) is 0 Å². The van der Waals surface area contributed by atoms with Crippen molar-refractivity contribution in [2.75, 3.05) is 0 Å². The zero-order chi connectivity index (χ0) is 10.7. The summed E-state index contributed by atoms with van der Waals surface area (Å²) in [5.74, 6) is -1.02. The van der Waals surface area contributed by atoms with Crippen LogP contribution in [0, 0.1) is 0 Å². The average Bonchev–Trinajstić information content (AvgIpc) is 2.09. The van der Waals surface area contributed by atoms with E-state index in [1.807, 2.05) is 0 Å². The monoisotopic (exact) mass is 294 g/mol. The Morgan fingerprint density at radius 1 is 1.36 bits per heavy atom. The van der Waals surface area contributed by atoms with Crippen LogP contribution >= 0.6 is 39.1 Å². The highest BCUT2D eigenvalue weighted by Gasteiger charge is 2.03. The van der Waals surface area contributed by atoms with Crippen LogP contribution in [0.3, 0.4) is 0 Å². The number of carboxylic acids is 1. The third-order valence-corrected chi connectivity index (χ3v) is 2.97. The molecule has 74 valence electrons. The minimum atomic E-state index is -1.02. The lowest BCUT2D eigenvalue weighted by Crippen LogP contribution is -1.86. The molecule has 0 unspecified atom stereocenters. The molecule has 0 aliphatic carbocycles. The standard InChI is InChI=1S/C9H5BrCl2O2/c10-6-3-5(1-2-9(13)14)7(11)4-8(6)12/h1-4H,(H,13,14)/b2-1+. The smallest absolute Gasteiger partial charge is 0.328 e. The Morgan fingerprint density at radius 2 is 2.00 bits per heavy atom.